The minimum atomic E-state index is -3.07. The molecule has 3 rings (SSSR count). The normalized spacial score (nSPS) is 19.5. The van der Waals surface area contributed by atoms with Crippen LogP contribution in [0, 0.1) is 5.92 Å². The molecule has 1 fully saturated rings. The highest BCUT2D eigenvalue weighted by atomic mass is 32.2. The maximum absolute atomic E-state index is 12.1. The van der Waals surface area contributed by atoms with Crippen molar-refractivity contribution in [1.82, 2.24) is 10.1 Å². The molecule has 1 aliphatic heterocycles. The first-order chi connectivity index (χ1) is 11.3. The van der Waals surface area contributed by atoms with Crippen LogP contribution >= 0.6 is 0 Å². The molecule has 0 saturated carbocycles. The molecule has 1 amide bonds. The molecule has 2 aromatic rings. The minimum Gasteiger partial charge on any atom is -0.334 e. The van der Waals surface area contributed by atoms with E-state index in [0.29, 0.717) is 23.8 Å². The number of hydrogen-bond donors (Lipinski definition) is 1. The van der Waals surface area contributed by atoms with E-state index in [9.17, 15) is 13.2 Å². The fourth-order valence-corrected chi connectivity index (χ4v) is 4.27. The van der Waals surface area contributed by atoms with E-state index >= 15 is 0 Å². The molecule has 8 heteroatoms. The van der Waals surface area contributed by atoms with Crippen molar-refractivity contribution >= 4 is 21.4 Å². The Bertz CT molecular complexity index is 840. The second-order valence-electron chi connectivity index (χ2n) is 6.28. The third-order valence-electron chi connectivity index (χ3n) is 3.96. The number of nitrogens with one attached hydrogen (secondary N) is 1. The van der Waals surface area contributed by atoms with Gasteiger partial charge in [-0.1, -0.05) is 19.0 Å². The maximum Gasteiger partial charge on any atom is 0.257 e. The Labute approximate surface area is 140 Å². The van der Waals surface area contributed by atoms with Gasteiger partial charge in [0.1, 0.15) is 0 Å². The molecule has 2 heterocycles. The summed E-state index contributed by atoms with van der Waals surface area (Å²) < 4.78 is 28.1. The summed E-state index contributed by atoms with van der Waals surface area (Å²) in [6.45, 7) is 3.97. The summed E-state index contributed by atoms with van der Waals surface area (Å²) in [5, 5.41) is 6.67. The summed E-state index contributed by atoms with van der Waals surface area (Å²) >= 11 is 0. The first-order valence-corrected chi connectivity index (χ1v) is 9.61. The largest absolute Gasteiger partial charge is 0.334 e. The van der Waals surface area contributed by atoms with Gasteiger partial charge in [0.2, 0.25) is 5.91 Å². The second kappa shape index (κ2) is 6.35. The van der Waals surface area contributed by atoms with Crippen molar-refractivity contribution in [3.05, 3.63) is 30.1 Å². The van der Waals surface area contributed by atoms with Crippen LogP contribution in [0.4, 0.5) is 5.69 Å². The number of rotatable bonds is 4. The zero-order valence-electron chi connectivity index (χ0n) is 13.5. The van der Waals surface area contributed by atoms with Crippen molar-refractivity contribution < 1.29 is 17.7 Å². The average Bonchev–Trinajstić information content (AvgIpc) is 3.15. The maximum atomic E-state index is 12.1. The number of sulfone groups is 1. The fourth-order valence-electron chi connectivity index (χ4n) is 2.53. The molecule has 0 aliphatic carbocycles. The summed E-state index contributed by atoms with van der Waals surface area (Å²) in [7, 11) is -3.07. The van der Waals surface area contributed by atoms with Gasteiger partial charge in [0, 0.05) is 17.2 Å². The molecule has 0 bridgehead atoms. The topological polar surface area (TPSA) is 102 Å². The zero-order chi connectivity index (χ0) is 17.3. The zero-order valence-corrected chi connectivity index (χ0v) is 14.3. The standard InChI is InChI=1S/C16H19N3O4S/c1-10(2)14-18-16(23-19-14)11-3-5-13(6-4-11)17-15(20)12-7-8-24(21,22)9-12/h3-6,10,12H,7-9H2,1-2H3,(H,17,20). The lowest BCUT2D eigenvalue weighted by atomic mass is 10.1. The number of anilines is 1. The van der Waals surface area contributed by atoms with Gasteiger partial charge in [-0.15, -0.1) is 0 Å². The van der Waals surface area contributed by atoms with Gasteiger partial charge in [-0.25, -0.2) is 8.42 Å². The lowest BCUT2D eigenvalue weighted by Crippen LogP contribution is -2.23. The Morgan fingerprint density at radius 2 is 2.00 bits per heavy atom. The highest BCUT2D eigenvalue weighted by molar-refractivity contribution is 7.91. The Morgan fingerprint density at radius 3 is 2.54 bits per heavy atom. The van der Waals surface area contributed by atoms with E-state index in [-0.39, 0.29) is 23.3 Å². The molecule has 1 unspecified atom stereocenters. The van der Waals surface area contributed by atoms with Gasteiger partial charge in [0.05, 0.1) is 17.4 Å². The molecule has 1 atom stereocenters. The molecule has 1 aromatic heterocycles. The first kappa shape index (κ1) is 16.6. The second-order valence-corrected chi connectivity index (χ2v) is 8.51. The summed E-state index contributed by atoms with van der Waals surface area (Å²) in [4.78, 5) is 16.4. The van der Waals surface area contributed by atoms with E-state index in [1.807, 2.05) is 13.8 Å². The lowest BCUT2D eigenvalue weighted by Gasteiger charge is -2.09. The van der Waals surface area contributed by atoms with Crippen molar-refractivity contribution in [1.29, 1.82) is 0 Å². The molecule has 24 heavy (non-hydrogen) atoms. The predicted octanol–water partition coefficient (Wildman–Crippen LogP) is 2.23. The van der Waals surface area contributed by atoms with Crippen LogP contribution < -0.4 is 5.32 Å². The van der Waals surface area contributed by atoms with Crippen LogP contribution in [0.5, 0.6) is 0 Å². The Balaban J connectivity index is 1.67. The van der Waals surface area contributed by atoms with Crippen LogP contribution in [-0.2, 0) is 14.6 Å². The third-order valence-corrected chi connectivity index (χ3v) is 5.73. The predicted molar refractivity (Wildman–Crippen MR) is 89.2 cm³/mol. The number of nitrogens with zero attached hydrogens (tertiary/aromatic N) is 2. The van der Waals surface area contributed by atoms with Crippen molar-refractivity contribution in [2.24, 2.45) is 5.92 Å². The van der Waals surface area contributed by atoms with Gasteiger partial charge in [-0.05, 0) is 30.7 Å². The molecule has 0 radical (unpaired) electrons. The number of carbonyl (C=O) groups is 1. The van der Waals surface area contributed by atoms with E-state index in [0.717, 1.165) is 5.56 Å². The van der Waals surface area contributed by atoms with Gasteiger partial charge in [0.25, 0.3) is 5.89 Å². The number of aromatic nitrogens is 2. The van der Waals surface area contributed by atoms with Crippen molar-refractivity contribution in [3.63, 3.8) is 0 Å². The van der Waals surface area contributed by atoms with Gasteiger partial charge in [-0.2, -0.15) is 4.98 Å². The van der Waals surface area contributed by atoms with E-state index in [1.54, 1.807) is 24.3 Å². The SMILES string of the molecule is CC(C)c1noc(-c2ccc(NC(=O)C3CCS(=O)(=O)C3)cc2)n1. The molecule has 1 aliphatic rings. The first-order valence-electron chi connectivity index (χ1n) is 7.79. The third kappa shape index (κ3) is 3.64. The van der Waals surface area contributed by atoms with Crippen LogP contribution in [0.3, 0.4) is 0 Å². The highest BCUT2D eigenvalue weighted by Gasteiger charge is 2.32. The van der Waals surface area contributed by atoms with Crippen LogP contribution in [0.15, 0.2) is 28.8 Å². The number of amides is 1. The summed E-state index contributed by atoms with van der Waals surface area (Å²) in [6, 6.07) is 7.02. The summed E-state index contributed by atoms with van der Waals surface area (Å²) in [6.07, 6.45) is 0.381. The number of benzene rings is 1. The summed E-state index contributed by atoms with van der Waals surface area (Å²) in [5.41, 5.74) is 1.37. The number of hydrogen-bond acceptors (Lipinski definition) is 6. The molecule has 1 aromatic carbocycles. The lowest BCUT2D eigenvalue weighted by molar-refractivity contribution is -0.119. The highest BCUT2D eigenvalue weighted by Crippen LogP contribution is 2.23. The molecule has 0 spiro atoms. The van der Waals surface area contributed by atoms with Crippen molar-refractivity contribution in [3.8, 4) is 11.5 Å². The fraction of sp³-hybridized carbons (Fsp3) is 0.438. The van der Waals surface area contributed by atoms with Gasteiger partial charge < -0.3 is 9.84 Å². The smallest absolute Gasteiger partial charge is 0.257 e. The molecular formula is C16H19N3O4S. The van der Waals surface area contributed by atoms with Crippen molar-refractivity contribution in [2.75, 3.05) is 16.8 Å². The summed E-state index contributed by atoms with van der Waals surface area (Å²) in [5.74, 6) is 0.533. The van der Waals surface area contributed by atoms with E-state index < -0.39 is 15.8 Å². The Morgan fingerprint density at radius 1 is 1.29 bits per heavy atom. The van der Waals surface area contributed by atoms with Crippen LogP contribution in [-0.4, -0.2) is 36.0 Å². The Kier molecular flexibility index (Phi) is 4.40. The van der Waals surface area contributed by atoms with Crippen molar-refractivity contribution in [2.45, 2.75) is 26.2 Å². The van der Waals surface area contributed by atoms with E-state index in [1.165, 1.54) is 0 Å². The minimum absolute atomic E-state index is 0.0725. The molecule has 1 saturated heterocycles. The average molecular weight is 349 g/mol. The van der Waals surface area contributed by atoms with Crippen LogP contribution in [0.2, 0.25) is 0 Å². The van der Waals surface area contributed by atoms with Gasteiger partial charge in [-0.3, -0.25) is 4.79 Å². The molecule has 128 valence electrons. The van der Waals surface area contributed by atoms with Crippen LogP contribution in [0.1, 0.15) is 32.0 Å². The Hall–Kier alpha value is -2.22. The molecule has 7 nitrogen and oxygen atoms in total. The molecular weight excluding hydrogens is 330 g/mol. The van der Waals surface area contributed by atoms with E-state index in [4.69, 9.17) is 4.52 Å². The monoisotopic (exact) mass is 349 g/mol. The van der Waals surface area contributed by atoms with E-state index in [2.05, 4.69) is 15.5 Å². The van der Waals surface area contributed by atoms with Gasteiger partial charge in [0.15, 0.2) is 15.7 Å². The van der Waals surface area contributed by atoms with Gasteiger partial charge >= 0.3 is 0 Å². The molecule has 1 N–H and O–H groups in total. The van der Waals surface area contributed by atoms with Crippen LogP contribution in [0.25, 0.3) is 11.5 Å². The number of carbonyl (C=O) groups excluding carboxylic acids is 1. The quantitative estimate of drug-likeness (QED) is 0.908.